The van der Waals surface area contributed by atoms with Crippen molar-refractivity contribution >= 4 is 17.5 Å². The molecule has 1 atom stereocenters. The van der Waals surface area contributed by atoms with Crippen LogP contribution in [0, 0.1) is 0 Å². The SMILES string of the molecule is CC(O)CNC(=O)CCCCl. The molecule has 4 heteroatoms. The number of aliphatic hydroxyl groups is 1. The van der Waals surface area contributed by atoms with Gasteiger partial charge in [-0.3, -0.25) is 4.79 Å². The van der Waals surface area contributed by atoms with Crippen LogP contribution in [0.1, 0.15) is 19.8 Å². The average molecular weight is 180 g/mol. The van der Waals surface area contributed by atoms with Crippen molar-refractivity contribution in [2.24, 2.45) is 0 Å². The van der Waals surface area contributed by atoms with E-state index >= 15 is 0 Å². The van der Waals surface area contributed by atoms with Gasteiger partial charge >= 0.3 is 0 Å². The molecule has 0 aromatic rings. The van der Waals surface area contributed by atoms with E-state index in [1.54, 1.807) is 6.92 Å². The molecule has 0 bridgehead atoms. The smallest absolute Gasteiger partial charge is 0.220 e. The molecule has 0 aromatic carbocycles. The standard InChI is InChI=1S/C7H14ClNO2/c1-6(10)5-9-7(11)3-2-4-8/h6,10H,2-5H2,1H3,(H,9,11). The molecule has 0 aliphatic heterocycles. The van der Waals surface area contributed by atoms with Crippen molar-refractivity contribution in [3.05, 3.63) is 0 Å². The maximum atomic E-state index is 10.8. The van der Waals surface area contributed by atoms with Gasteiger partial charge in [0.15, 0.2) is 0 Å². The summed E-state index contributed by atoms with van der Waals surface area (Å²) in [4.78, 5) is 10.8. The highest BCUT2D eigenvalue weighted by Gasteiger charge is 2.01. The largest absolute Gasteiger partial charge is 0.392 e. The Bertz CT molecular complexity index is 117. The van der Waals surface area contributed by atoms with Crippen molar-refractivity contribution < 1.29 is 9.90 Å². The van der Waals surface area contributed by atoms with Gasteiger partial charge < -0.3 is 10.4 Å². The van der Waals surface area contributed by atoms with Gasteiger partial charge in [-0.05, 0) is 13.3 Å². The van der Waals surface area contributed by atoms with E-state index < -0.39 is 6.10 Å². The van der Waals surface area contributed by atoms with Crippen LogP contribution in [-0.2, 0) is 4.79 Å². The van der Waals surface area contributed by atoms with E-state index in [4.69, 9.17) is 16.7 Å². The Labute approximate surface area is 71.7 Å². The van der Waals surface area contributed by atoms with Crippen LogP contribution in [-0.4, -0.2) is 29.5 Å². The van der Waals surface area contributed by atoms with E-state index in [0.717, 1.165) is 0 Å². The molecule has 0 rings (SSSR count). The van der Waals surface area contributed by atoms with Gasteiger partial charge in [0, 0.05) is 18.8 Å². The topological polar surface area (TPSA) is 49.3 Å². The molecule has 0 radical (unpaired) electrons. The summed E-state index contributed by atoms with van der Waals surface area (Å²) in [5.74, 6) is 0.453. The van der Waals surface area contributed by atoms with Crippen molar-refractivity contribution in [1.29, 1.82) is 0 Å². The second-order valence-electron chi connectivity index (χ2n) is 2.45. The van der Waals surface area contributed by atoms with E-state index in [1.165, 1.54) is 0 Å². The second-order valence-corrected chi connectivity index (χ2v) is 2.82. The van der Waals surface area contributed by atoms with Gasteiger partial charge in [-0.2, -0.15) is 0 Å². The Morgan fingerprint density at radius 3 is 2.82 bits per heavy atom. The zero-order valence-corrected chi connectivity index (χ0v) is 7.40. The molecular formula is C7H14ClNO2. The third-order valence-electron chi connectivity index (χ3n) is 1.13. The zero-order valence-electron chi connectivity index (χ0n) is 6.64. The first-order valence-electron chi connectivity index (χ1n) is 3.67. The average Bonchev–Trinajstić information content (AvgIpc) is 1.97. The molecule has 3 nitrogen and oxygen atoms in total. The van der Waals surface area contributed by atoms with Crippen molar-refractivity contribution in [3.8, 4) is 0 Å². The number of amides is 1. The highest BCUT2D eigenvalue weighted by molar-refractivity contribution is 6.17. The molecule has 0 aliphatic carbocycles. The van der Waals surface area contributed by atoms with Crippen LogP contribution < -0.4 is 5.32 Å². The molecule has 0 aliphatic rings. The number of halogens is 1. The van der Waals surface area contributed by atoms with Gasteiger partial charge in [0.25, 0.3) is 0 Å². The molecule has 2 N–H and O–H groups in total. The number of nitrogens with one attached hydrogen (secondary N) is 1. The molecule has 0 fully saturated rings. The van der Waals surface area contributed by atoms with Crippen LogP contribution in [0.15, 0.2) is 0 Å². The maximum absolute atomic E-state index is 10.8. The molecule has 66 valence electrons. The maximum Gasteiger partial charge on any atom is 0.220 e. The number of rotatable bonds is 5. The number of hydrogen-bond acceptors (Lipinski definition) is 2. The number of alkyl halides is 1. The summed E-state index contributed by atoms with van der Waals surface area (Å²) >= 11 is 5.38. The molecule has 11 heavy (non-hydrogen) atoms. The first-order chi connectivity index (χ1) is 5.16. The quantitative estimate of drug-likeness (QED) is 0.604. The van der Waals surface area contributed by atoms with Gasteiger partial charge in [0.05, 0.1) is 6.10 Å². The lowest BCUT2D eigenvalue weighted by atomic mass is 10.3. The number of aliphatic hydroxyl groups excluding tert-OH is 1. The lowest BCUT2D eigenvalue weighted by Crippen LogP contribution is -2.30. The lowest BCUT2D eigenvalue weighted by Gasteiger charge is -2.05. The Morgan fingerprint density at radius 2 is 2.36 bits per heavy atom. The number of carbonyl (C=O) groups excluding carboxylic acids is 1. The number of hydrogen-bond donors (Lipinski definition) is 2. The minimum absolute atomic E-state index is 0.0495. The summed E-state index contributed by atoms with van der Waals surface area (Å²) < 4.78 is 0. The van der Waals surface area contributed by atoms with E-state index in [2.05, 4.69) is 5.32 Å². The van der Waals surface area contributed by atoms with Crippen molar-refractivity contribution in [2.45, 2.75) is 25.9 Å². The fourth-order valence-electron chi connectivity index (χ4n) is 0.577. The lowest BCUT2D eigenvalue weighted by molar-refractivity contribution is -0.121. The Hall–Kier alpha value is -0.280. The molecule has 1 amide bonds. The normalized spacial score (nSPS) is 12.6. The summed E-state index contributed by atoms with van der Waals surface area (Å²) in [6.45, 7) is 1.95. The minimum atomic E-state index is -0.477. The van der Waals surface area contributed by atoms with E-state index in [1.807, 2.05) is 0 Å². The summed E-state index contributed by atoms with van der Waals surface area (Å²) in [6.07, 6.45) is 0.651. The van der Waals surface area contributed by atoms with E-state index in [0.29, 0.717) is 25.3 Å². The molecule has 0 saturated heterocycles. The van der Waals surface area contributed by atoms with Crippen molar-refractivity contribution in [1.82, 2.24) is 5.32 Å². The van der Waals surface area contributed by atoms with Crippen LogP contribution in [0.25, 0.3) is 0 Å². The van der Waals surface area contributed by atoms with E-state index in [-0.39, 0.29) is 5.91 Å². The highest BCUT2D eigenvalue weighted by atomic mass is 35.5. The second kappa shape index (κ2) is 6.43. The molecule has 0 heterocycles. The Balaban J connectivity index is 3.23. The van der Waals surface area contributed by atoms with Gasteiger partial charge in [0.1, 0.15) is 0 Å². The van der Waals surface area contributed by atoms with Gasteiger partial charge in [-0.1, -0.05) is 0 Å². The zero-order chi connectivity index (χ0) is 8.69. The van der Waals surface area contributed by atoms with Crippen molar-refractivity contribution in [2.75, 3.05) is 12.4 Å². The van der Waals surface area contributed by atoms with Crippen LogP contribution in [0.3, 0.4) is 0 Å². The molecular weight excluding hydrogens is 166 g/mol. The van der Waals surface area contributed by atoms with Crippen LogP contribution in [0.2, 0.25) is 0 Å². The molecule has 0 spiro atoms. The molecule has 0 saturated carbocycles. The summed E-state index contributed by atoms with van der Waals surface area (Å²) in [5.41, 5.74) is 0. The Kier molecular flexibility index (Phi) is 6.27. The van der Waals surface area contributed by atoms with Crippen LogP contribution >= 0.6 is 11.6 Å². The summed E-state index contributed by atoms with van der Waals surface area (Å²) in [7, 11) is 0. The molecule has 0 aromatic heterocycles. The van der Waals surface area contributed by atoms with Gasteiger partial charge in [-0.25, -0.2) is 0 Å². The van der Waals surface area contributed by atoms with Crippen LogP contribution in [0.5, 0.6) is 0 Å². The monoisotopic (exact) mass is 179 g/mol. The number of carbonyl (C=O) groups is 1. The first-order valence-corrected chi connectivity index (χ1v) is 4.21. The first kappa shape index (κ1) is 10.7. The summed E-state index contributed by atoms with van der Waals surface area (Å²) in [5, 5.41) is 11.4. The highest BCUT2D eigenvalue weighted by Crippen LogP contribution is 1.91. The fraction of sp³-hybridized carbons (Fsp3) is 0.857. The van der Waals surface area contributed by atoms with Gasteiger partial charge in [0.2, 0.25) is 5.91 Å². The fourth-order valence-corrected chi connectivity index (χ4v) is 0.711. The van der Waals surface area contributed by atoms with Crippen molar-refractivity contribution in [3.63, 3.8) is 0 Å². The van der Waals surface area contributed by atoms with Gasteiger partial charge in [-0.15, -0.1) is 11.6 Å². The predicted molar refractivity (Wildman–Crippen MR) is 44.6 cm³/mol. The predicted octanol–water partition coefficient (Wildman–Crippen LogP) is 0.502. The molecule has 1 unspecified atom stereocenters. The Morgan fingerprint density at radius 1 is 1.73 bits per heavy atom. The third-order valence-corrected chi connectivity index (χ3v) is 1.40. The van der Waals surface area contributed by atoms with E-state index in [9.17, 15) is 4.79 Å². The minimum Gasteiger partial charge on any atom is -0.392 e. The third kappa shape index (κ3) is 7.62. The summed E-state index contributed by atoms with van der Waals surface area (Å²) in [6, 6.07) is 0. The van der Waals surface area contributed by atoms with Crippen LogP contribution in [0.4, 0.5) is 0 Å².